The van der Waals surface area contributed by atoms with Gasteiger partial charge in [0.2, 0.25) is 0 Å². The molecule has 1 heterocycles. The molecule has 0 unspecified atom stereocenters. The molecule has 1 saturated heterocycles. The van der Waals surface area contributed by atoms with Crippen LogP contribution in [-0.2, 0) is 4.79 Å². The summed E-state index contributed by atoms with van der Waals surface area (Å²) in [7, 11) is 0. The maximum absolute atomic E-state index is 12.3. The van der Waals surface area contributed by atoms with Crippen LogP contribution in [0.15, 0.2) is 41.8 Å². The average molecular weight is 317 g/mol. The molecule has 0 bridgehead atoms. The second kappa shape index (κ2) is 7.31. The molecule has 0 radical (unpaired) electrons. The zero-order valence-corrected chi connectivity index (χ0v) is 13.6. The van der Waals surface area contributed by atoms with Gasteiger partial charge in [0.25, 0.3) is 11.1 Å². The summed E-state index contributed by atoms with van der Waals surface area (Å²) in [5, 5.41) is -0.198. The molecule has 22 heavy (non-hydrogen) atoms. The quantitative estimate of drug-likeness (QED) is 0.586. The number of carbonyl (C=O) groups excluding carboxylic acids is 2. The van der Waals surface area contributed by atoms with E-state index in [1.54, 1.807) is 12.2 Å². The van der Waals surface area contributed by atoms with Crippen LogP contribution in [-0.4, -0.2) is 28.7 Å². The largest absolute Gasteiger partial charge is 0.490 e. The summed E-state index contributed by atoms with van der Waals surface area (Å²) in [4.78, 5) is 26.1. The van der Waals surface area contributed by atoms with Crippen LogP contribution in [0.2, 0.25) is 0 Å². The summed E-state index contributed by atoms with van der Waals surface area (Å²) in [6, 6.07) is 7.29. The Bertz CT molecular complexity index is 607. The van der Waals surface area contributed by atoms with E-state index in [1.165, 1.54) is 4.90 Å². The van der Waals surface area contributed by atoms with Crippen LogP contribution < -0.4 is 4.74 Å². The minimum atomic E-state index is -0.212. The van der Waals surface area contributed by atoms with Gasteiger partial charge in [0, 0.05) is 6.04 Å². The first-order chi connectivity index (χ1) is 10.6. The molecule has 2 amide bonds. The summed E-state index contributed by atoms with van der Waals surface area (Å²) in [6.07, 6.45) is 4.17. The maximum Gasteiger partial charge on any atom is 0.293 e. The number of hydrogen-bond donors (Lipinski definition) is 0. The fraction of sp³-hybridized carbons (Fsp3) is 0.294. The van der Waals surface area contributed by atoms with Gasteiger partial charge >= 0.3 is 0 Å². The molecular formula is C17H19NO3S. The van der Waals surface area contributed by atoms with E-state index in [-0.39, 0.29) is 17.2 Å². The highest BCUT2D eigenvalue weighted by atomic mass is 32.2. The Labute approximate surface area is 134 Å². The molecule has 1 aliphatic heterocycles. The summed E-state index contributed by atoms with van der Waals surface area (Å²) in [5.41, 5.74) is 0.862. The van der Waals surface area contributed by atoms with Crippen molar-refractivity contribution < 1.29 is 14.3 Å². The van der Waals surface area contributed by atoms with Crippen LogP contribution in [0.1, 0.15) is 25.8 Å². The summed E-state index contributed by atoms with van der Waals surface area (Å²) in [6.45, 7) is 7.88. The Morgan fingerprint density at radius 2 is 2.00 bits per heavy atom. The molecule has 0 aliphatic carbocycles. The highest BCUT2D eigenvalue weighted by Crippen LogP contribution is 2.34. The topological polar surface area (TPSA) is 46.6 Å². The molecule has 116 valence electrons. The van der Waals surface area contributed by atoms with Gasteiger partial charge in [0.1, 0.15) is 12.4 Å². The minimum absolute atomic E-state index is 0.0759. The molecule has 0 spiro atoms. The number of rotatable bonds is 6. The Balaban J connectivity index is 2.14. The molecule has 5 heteroatoms. The molecule has 1 aromatic carbocycles. The third-order valence-electron chi connectivity index (χ3n) is 3.40. The van der Waals surface area contributed by atoms with Crippen molar-refractivity contribution in [3.05, 3.63) is 47.4 Å². The fourth-order valence-electron chi connectivity index (χ4n) is 2.01. The zero-order chi connectivity index (χ0) is 16.1. The van der Waals surface area contributed by atoms with Crippen LogP contribution in [0.4, 0.5) is 4.79 Å². The van der Waals surface area contributed by atoms with Crippen molar-refractivity contribution >= 4 is 29.0 Å². The van der Waals surface area contributed by atoms with Gasteiger partial charge in [-0.05, 0) is 48.9 Å². The molecule has 4 nitrogen and oxygen atoms in total. The van der Waals surface area contributed by atoms with Gasteiger partial charge in [-0.1, -0.05) is 31.7 Å². The van der Waals surface area contributed by atoms with E-state index >= 15 is 0 Å². The smallest absolute Gasteiger partial charge is 0.293 e. The van der Waals surface area contributed by atoms with E-state index in [4.69, 9.17) is 4.74 Å². The molecule has 0 N–H and O–H groups in total. The lowest BCUT2D eigenvalue weighted by atomic mass is 10.2. The normalized spacial score (nSPS) is 17.9. The molecule has 1 fully saturated rings. The maximum atomic E-state index is 12.3. The van der Waals surface area contributed by atoms with E-state index in [2.05, 4.69) is 6.58 Å². The minimum Gasteiger partial charge on any atom is -0.490 e. The Kier molecular flexibility index (Phi) is 5.44. The van der Waals surface area contributed by atoms with Crippen molar-refractivity contribution in [3.63, 3.8) is 0 Å². The van der Waals surface area contributed by atoms with Crippen LogP contribution in [0.5, 0.6) is 5.75 Å². The standard InChI is InChI=1S/C17H19NO3S/c1-4-10-21-14-8-6-13(7-9-14)11-15-16(19)18(12(3)5-2)17(20)22-15/h4,6-9,11-12H,1,5,10H2,2-3H3/b15-11+/t12-/m0/s1. The number of carbonyl (C=O) groups is 2. The number of hydrogen-bond acceptors (Lipinski definition) is 4. The third kappa shape index (κ3) is 3.60. The number of nitrogens with zero attached hydrogens (tertiary/aromatic N) is 1. The van der Waals surface area contributed by atoms with Crippen molar-refractivity contribution in [2.45, 2.75) is 26.3 Å². The number of imide groups is 1. The lowest BCUT2D eigenvalue weighted by Crippen LogP contribution is -2.36. The molecule has 2 rings (SSSR count). The molecular weight excluding hydrogens is 298 g/mol. The molecule has 0 aromatic heterocycles. The monoisotopic (exact) mass is 317 g/mol. The predicted octanol–water partition coefficient (Wildman–Crippen LogP) is 4.09. The molecule has 1 aromatic rings. The highest BCUT2D eigenvalue weighted by molar-refractivity contribution is 8.18. The molecule has 1 atom stereocenters. The van der Waals surface area contributed by atoms with Gasteiger partial charge in [0.05, 0.1) is 4.91 Å². The average Bonchev–Trinajstić information content (AvgIpc) is 2.80. The van der Waals surface area contributed by atoms with E-state index in [1.807, 2.05) is 38.1 Å². The second-order valence-electron chi connectivity index (χ2n) is 4.98. The Morgan fingerprint density at radius 3 is 2.59 bits per heavy atom. The highest BCUT2D eigenvalue weighted by Gasteiger charge is 2.37. The zero-order valence-electron chi connectivity index (χ0n) is 12.7. The van der Waals surface area contributed by atoms with Gasteiger partial charge in [-0.2, -0.15) is 0 Å². The Hall–Kier alpha value is -2.01. The number of ether oxygens (including phenoxy) is 1. The third-order valence-corrected chi connectivity index (χ3v) is 4.28. The number of thioether (sulfide) groups is 1. The second-order valence-corrected chi connectivity index (χ2v) is 5.97. The van der Waals surface area contributed by atoms with E-state index in [9.17, 15) is 9.59 Å². The predicted molar refractivity (Wildman–Crippen MR) is 89.7 cm³/mol. The molecule has 0 saturated carbocycles. The summed E-state index contributed by atoms with van der Waals surface area (Å²) in [5.74, 6) is 0.529. The Morgan fingerprint density at radius 1 is 1.32 bits per heavy atom. The van der Waals surface area contributed by atoms with Crippen molar-refractivity contribution in [2.24, 2.45) is 0 Å². The van der Waals surface area contributed by atoms with Crippen molar-refractivity contribution in [2.75, 3.05) is 6.61 Å². The van der Waals surface area contributed by atoms with Crippen molar-refractivity contribution in [3.8, 4) is 5.75 Å². The first-order valence-electron chi connectivity index (χ1n) is 7.17. The first-order valence-corrected chi connectivity index (χ1v) is 7.99. The lowest BCUT2D eigenvalue weighted by Gasteiger charge is -2.19. The van der Waals surface area contributed by atoms with E-state index in [0.29, 0.717) is 11.5 Å². The van der Waals surface area contributed by atoms with Crippen molar-refractivity contribution in [1.82, 2.24) is 4.90 Å². The van der Waals surface area contributed by atoms with Gasteiger partial charge in [-0.15, -0.1) is 0 Å². The van der Waals surface area contributed by atoms with Crippen LogP contribution in [0, 0.1) is 0 Å². The van der Waals surface area contributed by atoms with Gasteiger partial charge in [-0.25, -0.2) is 0 Å². The summed E-state index contributed by atoms with van der Waals surface area (Å²) >= 11 is 0.992. The van der Waals surface area contributed by atoms with Gasteiger partial charge < -0.3 is 4.74 Å². The van der Waals surface area contributed by atoms with Gasteiger partial charge in [-0.3, -0.25) is 14.5 Å². The van der Waals surface area contributed by atoms with E-state index < -0.39 is 0 Å². The lowest BCUT2D eigenvalue weighted by molar-refractivity contribution is -0.124. The SMILES string of the molecule is C=CCOc1ccc(/C=C2/SC(=O)N([C@@H](C)CC)C2=O)cc1. The van der Waals surface area contributed by atoms with E-state index in [0.717, 1.165) is 29.5 Å². The number of amides is 2. The summed E-state index contributed by atoms with van der Waals surface area (Å²) < 4.78 is 5.41. The first kappa shape index (κ1) is 16.4. The van der Waals surface area contributed by atoms with Crippen LogP contribution in [0.25, 0.3) is 6.08 Å². The van der Waals surface area contributed by atoms with Crippen LogP contribution >= 0.6 is 11.8 Å². The van der Waals surface area contributed by atoms with Gasteiger partial charge in [0.15, 0.2) is 0 Å². The van der Waals surface area contributed by atoms with Crippen LogP contribution in [0.3, 0.4) is 0 Å². The number of benzene rings is 1. The molecule has 1 aliphatic rings. The van der Waals surface area contributed by atoms with Crippen molar-refractivity contribution in [1.29, 1.82) is 0 Å². The fourth-order valence-corrected chi connectivity index (χ4v) is 2.94.